The van der Waals surface area contributed by atoms with Crippen LogP contribution in [0.25, 0.3) is 0 Å². The predicted molar refractivity (Wildman–Crippen MR) is 114 cm³/mol. The van der Waals surface area contributed by atoms with Crippen molar-refractivity contribution in [2.45, 2.75) is 68.1 Å². The minimum absolute atomic E-state index is 0.0324. The molecule has 2 N–H and O–H groups in total. The lowest BCUT2D eigenvalue weighted by atomic mass is 10.0. The van der Waals surface area contributed by atoms with E-state index >= 15 is 0 Å². The maximum Gasteiger partial charge on any atom is 0.296 e. The molecule has 2 rings (SSSR count). The first-order valence-corrected chi connectivity index (χ1v) is 12.9. The van der Waals surface area contributed by atoms with E-state index in [0.717, 1.165) is 38.2 Å². The van der Waals surface area contributed by atoms with E-state index in [2.05, 4.69) is 6.92 Å². The summed E-state index contributed by atoms with van der Waals surface area (Å²) in [5, 5.41) is 0. The molecule has 0 spiro atoms. The van der Waals surface area contributed by atoms with Gasteiger partial charge in [-0.2, -0.15) is 16.8 Å². The van der Waals surface area contributed by atoms with Crippen molar-refractivity contribution in [3.8, 4) is 11.5 Å². The minimum atomic E-state index is -4.94. The molecule has 0 fully saturated rings. The Balaban J connectivity index is 2.39. The third-order valence-electron chi connectivity index (χ3n) is 4.72. The van der Waals surface area contributed by atoms with Gasteiger partial charge in [0.15, 0.2) is 0 Å². The van der Waals surface area contributed by atoms with Gasteiger partial charge in [0.05, 0.1) is 0 Å². The Kier molecular flexibility index (Phi) is 8.84. The van der Waals surface area contributed by atoms with Gasteiger partial charge in [-0.05, 0) is 37.1 Å². The summed E-state index contributed by atoms with van der Waals surface area (Å²) < 4.78 is 72.6. The summed E-state index contributed by atoms with van der Waals surface area (Å²) in [6.07, 6.45) is 7.04. The molecule has 0 aliphatic heterocycles. The molecule has 0 unspecified atom stereocenters. The highest BCUT2D eigenvalue weighted by atomic mass is 32.2. The van der Waals surface area contributed by atoms with Crippen molar-refractivity contribution in [3.63, 3.8) is 0 Å². The second-order valence-corrected chi connectivity index (χ2v) is 9.85. The molecular weight excluding hydrogens is 428 g/mol. The summed E-state index contributed by atoms with van der Waals surface area (Å²) in [6, 6.07) is 10.8. The van der Waals surface area contributed by atoms with Gasteiger partial charge in [0.25, 0.3) is 20.2 Å². The summed E-state index contributed by atoms with van der Waals surface area (Å²) in [6.45, 7) is 2.13. The Morgan fingerprint density at radius 2 is 1.37 bits per heavy atom. The van der Waals surface area contributed by atoms with Crippen molar-refractivity contribution >= 4 is 20.2 Å². The molecule has 0 atom stereocenters. The predicted octanol–water partition coefficient (Wildman–Crippen LogP) is 5.27. The van der Waals surface area contributed by atoms with E-state index in [1.807, 2.05) is 0 Å². The molecule has 0 radical (unpaired) electrons. The van der Waals surface area contributed by atoms with Crippen molar-refractivity contribution in [1.29, 1.82) is 0 Å². The zero-order valence-electron chi connectivity index (χ0n) is 17.0. The molecule has 0 bridgehead atoms. The molecule has 0 aliphatic carbocycles. The Morgan fingerprint density at radius 1 is 0.767 bits per heavy atom. The van der Waals surface area contributed by atoms with Crippen molar-refractivity contribution < 1.29 is 30.7 Å². The summed E-state index contributed by atoms with van der Waals surface area (Å²) in [5.41, 5.74) is 0.0324. The van der Waals surface area contributed by atoms with Gasteiger partial charge in [0, 0.05) is 5.56 Å². The fourth-order valence-electron chi connectivity index (χ4n) is 3.28. The minimum Gasteiger partial charge on any atom is -0.457 e. The molecule has 166 valence electrons. The number of unbranched alkanes of at least 4 members (excludes halogenated alkanes) is 6. The van der Waals surface area contributed by atoms with Gasteiger partial charge in [-0.15, -0.1) is 0 Å². The first-order chi connectivity index (χ1) is 14.1. The van der Waals surface area contributed by atoms with Crippen LogP contribution in [0.5, 0.6) is 11.5 Å². The summed E-state index contributed by atoms with van der Waals surface area (Å²) in [7, 11) is -9.80. The third-order valence-corrected chi connectivity index (χ3v) is 6.73. The van der Waals surface area contributed by atoms with Crippen LogP contribution in [0.3, 0.4) is 0 Å². The van der Waals surface area contributed by atoms with Crippen molar-refractivity contribution in [1.82, 2.24) is 0 Å². The van der Waals surface area contributed by atoms with Crippen LogP contribution in [0, 0.1) is 0 Å². The molecule has 0 saturated carbocycles. The Morgan fingerprint density at radius 3 is 1.93 bits per heavy atom. The average Bonchev–Trinajstić information content (AvgIpc) is 2.67. The first-order valence-electron chi connectivity index (χ1n) is 9.98. The molecule has 7 nitrogen and oxygen atoms in total. The molecule has 30 heavy (non-hydrogen) atoms. The second kappa shape index (κ2) is 10.9. The van der Waals surface area contributed by atoms with Crippen LogP contribution in [-0.2, 0) is 26.7 Å². The maximum atomic E-state index is 12.1. The van der Waals surface area contributed by atoms with E-state index in [1.54, 1.807) is 30.3 Å². The van der Waals surface area contributed by atoms with Crippen LogP contribution in [0.2, 0.25) is 0 Å². The number of benzene rings is 2. The van der Waals surface area contributed by atoms with Crippen LogP contribution in [0.1, 0.15) is 57.4 Å². The van der Waals surface area contributed by atoms with Crippen molar-refractivity contribution in [3.05, 3.63) is 48.0 Å². The van der Waals surface area contributed by atoms with Crippen LogP contribution < -0.4 is 4.74 Å². The Hall–Kier alpha value is -1.94. The van der Waals surface area contributed by atoms with Gasteiger partial charge in [-0.3, -0.25) is 9.11 Å². The number of hydrogen-bond acceptors (Lipinski definition) is 5. The molecule has 0 aromatic heterocycles. The number of rotatable bonds is 12. The monoisotopic (exact) mass is 456 g/mol. The fourth-order valence-corrected chi connectivity index (χ4v) is 5.35. The Labute approximate surface area is 178 Å². The van der Waals surface area contributed by atoms with Crippen LogP contribution in [0.4, 0.5) is 0 Å². The molecule has 2 aromatic carbocycles. The van der Waals surface area contributed by atoms with Gasteiger partial charge in [-0.25, -0.2) is 0 Å². The highest BCUT2D eigenvalue weighted by molar-refractivity contribution is 7.89. The topological polar surface area (TPSA) is 118 Å². The first kappa shape index (κ1) is 24.3. The van der Waals surface area contributed by atoms with Crippen LogP contribution >= 0.6 is 0 Å². The largest absolute Gasteiger partial charge is 0.457 e. The highest BCUT2D eigenvalue weighted by Crippen LogP contribution is 2.36. The highest BCUT2D eigenvalue weighted by Gasteiger charge is 2.29. The van der Waals surface area contributed by atoms with Crippen LogP contribution in [0.15, 0.2) is 52.3 Å². The third kappa shape index (κ3) is 7.09. The Bertz CT molecular complexity index is 1030. The second-order valence-electron chi connectivity index (χ2n) is 7.11. The maximum absolute atomic E-state index is 12.1. The molecular formula is C21H28O7S2. The normalized spacial score (nSPS) is 12.1. The lowest BCUT2D eigenvalue weighted by molar-refractivity contribution is 0.451. The molecule has 2 aromatic rings. The SMILES string of the molecule is CCCCCCCCCc1c(Oc2ccccc2)ccc(S(=O)(=O)O)c1S(=O)(=O)O. The van der Waals surface area contributed by atoms with Gasteiger partial charge >= 0.3 is 0 Å². The van der Waals surface area contributed by atoms with Gasteiger partial charge < -0.3 is 4.74 Å². The molecule has 9 heteroatoms. The molecule has 0 heterocycles. The lowest BCUT2D eigenvalue weighted by Crippen LogP contribution is -2.12. The molecule has 0 amide bonds. The van der Waals surface area contributed by atoms with E-state index in [0.29, 0.717) is 12.2 Å². The van der Waals surface area contributed by atoms with Crippen LogP contribution in [-0.4, -0.2) is 25.9 Å². The average molecular weight is 457 g/mol. The van der Waals surface area contributed by atoms with Crippen molar-refractivity contribution in [2.24, 2.45) is 0 Å². The smallest absolute Gasteiger partial charge is 0.296 e. The fraction of sp³-hybridized carbons (Fsp3) is 0.429. The van der Waals surface area contributed by atoms with E-state index in [-0.39, 0.29) is 17.7 Å². The lowest BCUT2D eigenvalue weighted by Gasteiger charge is -2.16. The van der Waals surface area contributed by atoms with E-state index in [9.17, 15) is 25.9 Å². The van der Waals surface area contributed by atoms with Gasteiger partial charge in [0.1, 0.15) is 21.3 Å². The molecule has 0 saturated heterocycles. The standard InChI is InChI=1S/C21H28O7S2/c1-2-3-4-5-6-7-11-14-18-19(28-17-12-9-8-10-13-17)15-16-20(29(22,23)24)21(18)30(25,26)27/h8-10,12-13,15-16H,2-7,11,14H2,1H3,(H,22,23,24)(H,25,26,27). The zero-order valence-corrected chi connectivity index (χ0v) is 18.6. The van der Waals surface area contributed by atoms with Gasteiger partial charge in [0.2, 0.25) is 0 Å². The van der Waals surface area contributed by atoms with Gasteiger partial charge in [-0.1, -0.05) is 63.6 Å². The number of ether oxygens (including phenoxy) is 1. The zero-order chi connectivity index (χ0) is 22.2. The van der Waals surface area contributed by atoms with E-state index in [4.69, 9.17) is 4.74 Å². The van der Waals surface area contributed by atoms with Crippen molar-refractivity contribution in [2.75, 3.05) is 0 Å². The molecule has 0 aliphatic rings. The number of para-hydroxylation sites is 1. The van der Waals surface area contributed by atoms with E-state index < -0.39 is 30.0 Å². The summed E-state index contributed by atoms with van der Waals surface area (Å²) in [5.74, 6) is 0.548. The quantitative estimate of drug-likeness (QED) is 0.330. The summed E-state index contributed by atoms with van der Waals surface area (Å²) in [4.78, 5) is -1.69. The number of hydrogen-bond donors (Lipinski definition) is 2. The van der Waals surface area contributed by atoms with E-state index in [1.165, 1.54) is 12.5 Å². The summed E-state index contributed by atoms with van der Waals surface area (Å²) >= 11 is 0.